The quantitative estimate of drug-likeness (QED) is 0.873. The van der Waals surface area contributed by atoms with Crippen LogP contribution in [0.1, 0.15) is 19.8 Å². The van der Waals surface area contributed by atoms with Crippen molar-refractivity contribution in [2.24, 2.45) is 0 Å². The van der Waals surface area contributed by atoms with E-state index in [2.05, 4.69) is 5.32 Å². The third-order valence-electron chi connectivity index (χ3n) is 3.30. The smallest absolute Gasteiger partial charge is 0.243 e. The Morgan fingerprint density at radius 2 is 1.84 bits per heavy atom. The second-order valence-corrected chi connectivity index (χ2v) is 6.63. The first-order valence-electron chi connectivity index (χ1n) is 6.56. The van der Waals surface area contributed by atoms with Gasteiger partial charge in [-0.3, -0.25) is 0 Å². The van der Waals surface area contributed by atoms with Crippen molar-refractivity contribution in [1.82, 2.24) is 4.31 Å². The topological polar surface area (TPSA) is 69.6 Å². The Hall–Kier alpha value is -1.11. The Bertz CT molecular complexity index is 505. The molecule has 1 fully saturated rings. The lowest BCUT2D eigenvalue weighted by Crippen LogP contribution is -2.39. The normalized spacial score (nSPS) is 18.4. The van der Waals surface area contributed by atoms with Gasteiger partial charge in [0.05, 0.1) is 11.0 Å². The van der Waals surface area contributed by atoms with E-state index in [0.29, 0.717) is 30.8 Å². The summed E-state index contributed by atoms with van der Waals surface area (Å²) in [6.07, 6.45) is 0.645. The molecule has 6 heteroatoms. The molecule has 0 saturated carbocycles. The van der Waals surface area contributed by atoms with Crippen LogP contribution in [0.3, 0.4) is 0 Å². The first-order chi connectivity index (χ1) is 9.04. The molecule has 19 heavy (non-hydrogen) atoms. The maximum atomic E-state index is 12.4. The zero-order valence-corrected chi connectivity index (χ0v) is 11.9. The maximum Gasteiger partial charge on any atom is 0.243 e. The van der Waals surface area contributed by atoms with E-state index >= 15 is 0 Å². The van der Waals surface area contributed by atoms with E-state index in [1.165, 1.54) is 4.31 Å². The minimum Gasteiger partial charge on any atom is -0.393 e. The third kappa shape index (κ3) is 3.26. The summed E-state index contributed by atoms with van der Waals surface area (Å²) < 4.78 is 26.2. The van der Waals surface area contributed by atoms with E-state index in [1.54, 1.807) is 24.3 Å². The fourth-order valence-corrected chi connectivity index (χ4v) is 3.65. The minimum atomic E-state index is -3.42. The number of sulfonamides is 1. The average Bonchev–Trinajstić information content (AvgIpc) is 2.40. The molecule has 1 heterocycles. The van der Waals surface area contributed by atoms with Crippen LogP contribution in [0.4, 0.5) is 5.69 Å². The largest absolute Gasteiger partial charge is 0.393 e. The highest BCUT2D eigenvalue weighted by Crippen LogP contribution is 2.22. The van der Waals surface area contributed by atoms with Crippen molar-refractivity contribution in [2.45, 2.75) is 30.8 Å². The van der Waals surface area contributed by atoms with Gasteiger partial charge in [-0.2, -0.15) is 4.31 Å². The molecule has 0 aromatic heterocycles. The number of hydrogen-bond acceptors (Lipinski definition) is 4. The number of anilines is 1. The third-order valence-corrected chi connectivity index (χ3v) is 5.21. The van der Waals surface area contributed by atoms with Crippen LogP contribution in [-0.2, 0) is 10.0 Å². The maximum absolute atomic E-state index is 12.4. The summed E-state index contributed by atoms with van der Waals surface area (Å²) in [4.78, 5) is 0.311. The highest BCUT2D eigenvalue weighted by atomic mass is 32.2. The second kappa shape index (κ2) is 5.90. The number of aliphatic hydroxyl groups excluding tert-OH is 1. The standard InChI is InChI=1S/C13H20N2O3S/c1-2-14-11-3-5-13(6-4-11)19(17,18)15-9-7-12(16)8-10-15/h3-6,12,14,16H,2,7-10H2,1H3. The molecule has 0 unspecified atom stereocenters. The fourth-order valence-electron chi connectivity index (χ4n) is 2.18. The first-order valence-corrected chi connectivity index (χ1v) is 8.00. The van der Waals surface area contributed by atoms with Crippen molar-refractivity contribution in [1.29, 1.82) is 0 Å². The van der Waals surface area contributed by atoms with Gasteiger partial charge in [-0.1, -0.05) is 0 Å². The SMILES string of the molecule is CCNc1ccc(S(=O)(=O)N2CCC(O)CC2)cc1. The van der Waals surface area contributed by atoms with Crippen LogP contribution in [0.25, 0.3) is 0 Å². The van der Waals surface area contributed by atoms with Crippen molar-refractivity contribution in [3.8, 4) is 0 Å². The minimum absolute atomic E-state index is 0.311. The summed E-state index contributed by atoms with van der Waals surface area (Å²) in [5.41, 5.74) is 0.913. The molecule has 5 nitrogen and oxygen atoms in total. The van der Waals surface area contributed by atoms with E-state index in [4.69, 9.17) is 0 Å². The molecule has 1 aromatic carbocycles. The van der Waals surface area contributed by atoms with Gasteiger partial charge in [0.1, 0.15) is 0 Å². The summed E-state index contributed by atoms with van der Waals surface area (Å²) in [6.45, 7) is 3.57. The van der Waals surface area contributed by atoms with Gasteiger partial charge in [0.2, 0.25) is 10.0 Å². The van der Waals surface area contributed by atoms with E-state index in [9.17, 15) is 13.5 Å². The van der Waals surface area contributed by atoms with Crippen LogP contribution in [0.5, 0.6) is 0 Å². The Kier molecular flexibility index (Phi) is 4.44. The molecule has 0 spiro atoms. The van der Waals surface area contributed by atoms with Crippen molar-refractivity contribution in [3.63, 3.8) is 0 Å². The molecular weight excluding hydrogens is 264 g/mol. The van der Waals surface area contributed by atoms with E-state index in [1.807, 2.05) is 6.92 Å². The lowest BCUT2D eigenvalue weighted by Gasteiger charge is -2.28. The molecule has 2 rings (SSSR count). The molecule has 0 amide bonds. The number of nitrogens with one attached hydrogen (secondary N) is 1. The number of hydrogen-bond donors (Lipinski definition) is 2. The zero-order valence-electron chi connectivity index (χ0n) is 11.0. The summed E-state index contributed by atoms with van der Waals surface area (Å²) in [6, 6.07) is 6.79. The van der Waals surface area contributed by atoms with Gasteiger partial charge in [-0.15, -0.1) is 0 Å². The molecule has 2 N–H and O–H groups in total. The Morgan fingerprint density at radius 1 is 1.26 bits per heavy atom. The first kappa shape index (κ1) is 14.3. The molecule has 1 saturated heterocycles. The number of piperidine rings is 1. The van der Waals surface area contributed by atoms with E-state index in [0.717, 1.165) is 12.2 Å². The molecule has 0 aliphatic carbocycles. The predicted octanol–water partition coefficient (Wildman–Crippen LogP) is 1.26. The van der Waals surface area contributed by atoms with Crippen LogP contribution in [-0.4, -0.2) is 43.6 Å². The van der Waals surface area contributed by atoms with E-state index in [-0.39, 0.29) is 6.10 Å². The van der Waals surface area contributed by atoms with Gasteiger partial charge in [0.25, 0.3) is 0 Å². The van der Waals surface area contributed by atoms with Crippen LogP contribution in [0.2, 0.25) is 0 Å². The van der Waals surface area contributed by atoms with Crippen LogP contribution in [0.15, 0.2) is 29.2 Å². The molecule has 1 aromatic rings. The van der Waals surface area contributed by atoms with Gasteiger partial charge >= 0.3 is 0 Å². The fraction of sp³-hybridized carbons (Fsp3) is 0.538. The van der Waals surface area contributed by atoms with Crippen molar-refractivity contribution in [2.75, 3.05) is 25.0 Å². The lowest BCUT2D eigenvalue weighted by atomic mass is 10.1. The average molecular weight is 284 g/mol. The zero-order chi connectivity index (χ0) is 13.9. The Balaban J connectivity index is 2.15. The van der Waals surface area contributed by atoms with Crippen molar-refractivity contribution in [3.05, 3.63) is 24.3 Å². The number of nitrogens with zero attached hydrogens (tertiary/aromatic N) is 1. The summed E-state index contributed by atoms with van der Waals surface area (Å²) >= 11 is 0. The number of aliphatic hydroxyl groups is 1. The van der Waals surface area contributed by atoms with Gasteiger partial charge in [0.15, 0.2) is 0 Å². The lowest BCUT2D eigenvalue weighted by molar-refractivity contribution is 0.113. The molecule has 106 valence electrons. The molecule has 0 atom stereocenters. The van der Waals surface area contributed by atoms with Crippen LogP contribution in [0, 0.1) is 0 Å². The van der Waals surface area contributed by atoms with Crippen LogP contribution >= 0.6 is 0 Å². The van der Waals surface area contributed by atoms with Gasteiger partial charge in [-0.05, 0) is 44.0 Å². The number of rotatable bonds is 4. The van der Waals surface area contributed by atoms with E-state index < -0.39 is 10.0 Å². The summed E-state index contributed by atoms with van der Waals surface area (Å²) in [7, 11) is -3.42. The monoisotopic (exact) mass is 284 g/mol. The summed E-state index contributed by atoms with van der Waals surface area (Å²) in [5, 5.41) is 12.6. The van der Waals surface area contributed by atoms with Crippen LogP contribution < -0.4 is 5.32 Å². The number of benzene rings is 1. The second-order valence-electron chi connectivity index (χ2n) is 4.69. The molecule has 1 aliphatic heterocycles. The van der Waals surface area contributed by atoms with Gasteiger partial charge in [-0.25, -0.2) is 8.42 Å². The predicted molar refractivity (Wildman–Crippen MR) is 74.6 cm³/mol. The van der Waals surface area contributed by atoms with Gasteiger partial charge < -0.3 is 10.4 Å². The summed E-state index contributed by atoms with van der Waals surface area (Å²) in [5.74, 6) is 0. The van der Waals surface area contributed by atoms with Gasteiger partial charge in [0, 0.05) is 25.3 Å². The highest BCUT2D eigenvalue weighted by molar-refractivity contribution is 7.89. The molecule has 0 radical (unpaired) electrons. The Labute approximate surface area is 114 Å². The molecule has 0 bridgehead atoms. The molecule has 1 aliphatic rings. The Morgan fingerprint density at radius 3 is 2.37 bits per heavy atom. The van der Waals surface area contributed by atoms with Crippen molar-refractivity contribution >= 4 is 15.7 Å². The van der Waals surface area contributed by atoms with Crippen molar-refractivity contribution < 1.29 is 13.5 Å². The molecular formula is C13H20N2O3S. The highest BCUT2D eigenvalue weighted by Gasteiger charge is 2.28.